The highest BCUT2D eigenvalue weighted by Gasteiger charge is 2.35. The molecule has 3 rings (SSSR count). The van der Waals surface area contributed by atoms with Crippen LogP contribution in [0.5, 0.6) is 5.75 Å². The first-order valence-corrected chi connectivity index (χ1v) is 9.99. The molecule has 0 saturated carbocycles. The van der Waals surface area contributed by atoms with Crippen molar-refractivity contribution in [1.29, 1.82) is 0 Å². The van der Waals surface area contributed by atoms with Gasteiger partial charge in [0.2, 0.25) is 0 Å². The third-order valence-electron chi connectivity index (χ3n) is 4.22. The topological polar surface area (TPSA) is 59.5 Å². The molecule has 3 aromatic rings. The lowest BCUT2D eigenvalue weighted by Gasteiger charge is -2.25. The Hall–Kier alpha value is -3.14. The number of hydrogen-bond acceptors (Lipinski definition) is 4. The van der Waals surface area contributed by atoms with Gasteiger partial charge >= 0.3 is 6.18 Å². The van der Waals surface area contributed by atoms with Crippen molar-refractivity contribution in [3.05, 3.63) is 83.9 Å². The largest absolute Gasteiger partial charge is 0.495 e. The second-order valence-electron chi connectivity index (χ2n) is 6.22. The lowest BCUT2D eigenvalue weighted by molar-refractivity contribution is -0.140. The Balaban J connectivity index is 2.11. The predicted octanol–water partition coefficient (Wildman–Crippen LogP) is 4.64. The van der Waals surface area contributed by atoms with E-state index in [9.17, 15) is 26.0 Å². The van der Waals surface area contributed by atoms with Gasteiger partial charge in [0.1, 0.15) is 11.6 Å². The Labute approximate surface area is 170 Å². The Kier molecular flexibility index (Phi) is 5.97. The van der Waals surface area contributed by atoms with Gasteiger partial charge in [-0.25, -0.2) is 12.8 Å². The van der Waals surface area contributed by atoms with Crippen LogP contribution in [0.15, 0.2) is 71.9 Å². The van der Waals surface area contributed by atoms with Gasteiger partial charge in [-0.2, -0.15) is 13.2 Å². The molecule has 0 atom stereocenters. The Bertz CT molecular complexity index is 1140. The Morgan fingerprint density at radius 3 is 2.37 bits per heavy atom. The maximum Gasteiger partial charge on any atom is 0.419 e. The highest BCUT2D eigenvalue weighted by Crippen LogP contribution is 2.33. The van der Waals surface area contributed by atoms with Gasteiger partial charge in [-0.3, -0.25) is 9.29 Å². The third-order valence-corrected chi connectivity index (χ3v) is 6.00. The number of pyridine rings is 1. The van der Waals surface area contributed by atoms with Crippen molar-refractivity contribution < 1.29 is 30.7 Å². The smallest absolute Gasteiger partial charge is 0.419 e. The number of sulfonamides is 1. The number of alkyl halides is 3. The molecular formula is C20H16F4N2O3S. The van der Waals surface area contributed by atoms with E-state index in [4.69, 9.17) is 4.74 Å². The van der Waals surface area contributed by atoms with Crippen molar-refractivity contribution >= 4 is 15.7 Å². The van der Waals surface area contributed by atoms with E-state index in [1.54, 1.807) is 6.07 Å². The molecule has 158 valence electrons. The number of rotatable bonds is 6. The van der Waals surface area contributed by atoms with E-state index < -0.39 is 34.1 Å². The molecule has 2 aromatic carbocycles. The maximum absolute atomic E-state index is 13.6. The van der Waals surface area contributed by atoms with Crippen LogP contribution in [0.25, 0.3) is 0 Å². The van der Waals surface area contributed by atoms with Gasteiger partial charge in [0.05, 0.1) is 42.2 Å². The molecule has 10 heteroatoms. The van der Waals surface area contributed by atoms with Crippen LogP contribution in [-0.4, -0.2) is 20.5 Å². The van der Waals surface area contributed by atoms with Gasteiger partial charge in [-0.05, 0) is 29.8 Å². The van der Waals surface area contributed by atoms with Crippen molar-refractivity contribution in [3.8, 4) is 5.75 Å². The fourth-order valence-electron chi connectivity index (χ4n) is 2.74. The normalized spacial score (nSPS) is 11.9. The molecule has 0 aliphatic heterocycles. The minimum atomic E-state index is -4.92. The Morgan fingerprint density at radius 1 is 1.03 bits per heavy atom. The molecule has 0 bridgehead atoms. The monoisotopic (exact) mass is 440 g/mol. The van der Waals surface area contributed by atoms with E-state index in [0.29, 0.717) is 12.1 Å². The van der Waals surface area contributed by atoms with Gasteiger partial charge in [-0.1, -0.05) is 24.3 Å². The van der Waals surface area contributed by atoms with E-state index in [1.165, 1.54) is 49.8 Å². The van der Waals surface area contributed by atoms with Crippen LogP contribution in [-0.2, 0) is 22.7 Å². The number of aromatic nitrogens is 1. The number of anilines is 1. The summed E-state index contributed by atoms with van der Waals surface area (Å²) in [6.45, 7) is -0.477. The zero-order valence-electron chi connectivity index (χ0n) is 15.6. The summed E-state index contributed by atoms with van der Waals surface area (Å²) in [6, 6.07) is 11.2. The number of ether oxygens (including phenoxy) is 1. The fourth-order valence-corrected chi connectivity index (χ4v) is 4.20. The van der Waals surface area contributed by atoms with Crippen LogP contribution in [0.3, 0.4) is 0 Å². The van der Waals surface area contributed by atoms with Crippen LogP contribution in [0.4, 0.5) is 23.2 Å². The second-order valence-corrected chi connectivity index (χ2v) is 8.08. The van der Waals surface area contributed by atoms with E-state index >= 15 is 0 Å². The van der Waals surface area contributed by atoms with Gasteiger partial charge in [-0.15, -0.1) is 0 Å². The number of methoxy groups -OCH3 is 1. The molecule has 0 aliphatic carbocycles. The summed E-state index contributed by atoms with van der Waals surface area (Å²) in [5, 5.41) is 0. The average molecular weight is 440 g/mol. The lowest BCUT2D eigenvalue weighted by atomic mass is 10.1. The summed E-state index contributed by atoms with van der Waals surface area (Å²) >= 11 is 0. The van der Waals surface area contributed by atoms with Gasteiger partial charge in [0.25, 0.3) is 10.0 Å². The first-order chi connectivity index (χ1) is 14.1. The molecular weight excluding hydrogens is 424 g/mol. The fraction of sp³-hybridized carbons (Fsp3) is 0.150. The van der Waals surface area contributed by atoms with Crippen LogP contribution in [0.1, 0.15) is 11.1 Å². The highest BCUT2D eigenvalue weighted by atomic mass is 32.2. The van der Waals surface area contributed by atoms with Crippen molar-refractivity contribution in [2.45, 2.75) is 17.6 Å². The van der Waals surface area contributed by atoms with E-state index in [1.807, 2.05) is 0 Å². The van der Waals surface area contributed by atoms with Crippen molar-refractivity contribution in [1.82, 2.24) is 4.98 Å². The van der Waals surface area contributed by atoms with Crippen molar-refractivity contribution in [2.24, 2.45) is 0 Å². The minimum absolute atomic E-state index is 0.0500. The number of benzene rings is 2. The molecule has 1 heterocycles. The molecule has 0 aliphatic rings. The summed E-state index contributed by atoms with van der Waals surface area (Å²) in [5.41, 5.74) is -1.44. The molecule has 0 amide bonds. The predicted molar refractivity (Wildman–Crippen MR) is 102 cm³/mol. The molecule has 0 saturated heterocycles. The van der Waals surface area contributed by atoms with Gasteiger partial charge in [0.15, 0.2) is 0 Å². The molecule has 5 nitrogen and oxygen atoms in total. The SMILES string of the molecule is COc1cncc(N(Cc2ccc(F)c(C(F)(F)F)c2)S(=O)(=O)c2ccccc2)c1. The van der Waals surface area contributed by atoms with Crippen LogP contribution in [0, 0.1) is 5.82 Å². The van der Waals surface area contributed by atoms with Crippen LogP contribution >= 0.6 is 0 Å². The lowest BCUT2D eigenvalue weighted by Crippen LogP contribution is -2.31. The summed E-state index contributed by atoms with van der Waals surface area (Å²) in [5.74, 6) is -1.18. The first-order valence-electron chi connectivity index (χ1n) is 8.55. The quantitative estimate of drug-likeness (QED) is 0.524. The summed E-state index contributed by atoms with van der Waals surface area (Å²) in [6.07, 6.45) is -2.31. The van der Waals surface area contributed by atoms with E-state index in [0.717, 1.165) is 10.4 Å². The van der Waals surface area contributed by atoms with Crippen LogP contribution < -0.4 is 9.04 Å². The summed E-state index contributed by atoms with van der Waals surface area (Å²) < 4.78 is 85.4. The number of hydrogen-bond donors (Lipinski definition) is 0. The van der Waals surface area contributed by atoms with Gasteiger partial charge in [0, 0.05) is 6.07 Å². The van der Waals surface area contributed by atoms with Gasteiger partial charge < -0.3 is 4.74 Å². The number of halogens is 4. The zero-order chi connectivity index (χ0) is 21.9. The molecule has 0 radical (unpaired) electrons. The zero-order valence-corrected chi connectivity index (χ0v) is 16.4. The van der Waals surface area contributed by atoms with Crippen LogP contribution in [0.2, 0.25) is 0 Å². The Morgan fingerprint density at radius 2 is 1.73 bits per heavy atom. The maximum atomic E-state index is 13.6. The minimum Gasteiger partial charge on any atom is -0.495 e. The standard InChI is InChI=1S/C20H16F4N2O3S/c1-29-16-10-15(11-25-12-16)26(30(27,28)17-5-3-2-4-6-17)13-14-7-8-19(21)18(9-14)20(22,23)24/h2-12H,13H2,1H3. The first kappa shape index (κ1) is 21.6. The average Bonchev–Trinajstić information content (AvgIpc) is 2.72. The van der Waals surface area contributed by atoms with Crippen molar-refractivity contribution in [2.75, 3.05) is 11.4 Å². The highest BCUT2D eigenvalue weighted by molar-refractivity contribution is 7.92. The van der Waals surface area contributed by atoms with E-state index in [2.05, 4.69) is 4.98 Å². The van der Waals surface area contributed by atoms with Crippen molar-refractivity contribution in [3.63, 3.8) is 0 Å². The molecule has 30 heavy (non-hydrogen) atoms. The third kappa shape index (κ3) is 4.54. The number of nitrogens with zero attached hydrogens (tertiary/aromatic N) is 2. The second kappa shape index (κ2) is 8.31. The molecule has 1 aromatic heterocycles. The molecule has 0 fully saturated rings. The summed E-state index contributed by atoms with van der Waals surface area (Å²) in [4.78, 5) is 3.86. The molecule has 0 unspecified atom stereocenters. The van der Waals surface area contributed by atoms with E-state index in [-0.39, 0.29) is 21.9 Å². The molecule has 0 spiro atoms. The molecule has 0 N–H and O–H groups in total. The summed E-state index contributed by atoms with van der Waals surface area (Å²) in [7, 11) is -2.81.